The summed E-state index contributed by atoms with van der Waals surface area (Å²) in [6.45, 7) is 9.55. The monoisotopic (exact) mass is 422 g/mol. The highest BCUT2D eigenvalue weighted by molar-refractivity contribution is 6.30. The maximum absolute atomic E-state index is 6.03. The first-order valence-electron chi connectivity index (χ1n) is 10.8. The second-order valence-corrected chi connectivity index (χ2v) is 8.79. The molecule has 2 atom stereocenters. The van der Waals surface area contributed by atoms with Gasteiger partial charge in [-0.3, -0.25) is 0 Å². The summed E-state index contributed by atoms with van der Waals surface area (Å²) in [4.78, 5) is 0. The molecule has 3 aromatic carbocycles. The van der Waals surface area contributed by atoms with Crippen molar-refractivity contribution in [1.82, 2.24) is 0 Å². The molecular formula is C27H33ClNO+. The molecule has 2 N–H and O–H groups in total. The fraction of sp³-hybridized carbons (Fsp3) is 0.333. The van der Waals surface area contributed by atoms with Crippen LogP contribution in [-0.2, 0) is 0 Å². The van der Waals surface area contributed by atoms with E-state index in [1.807, 2.05) is 12.1 Å². The molecule has 3 aromatic rings. The summed E-state index contributed by atoms with van der Waals surface area (Å²) >= 11 is 6.03. The van der Waals surface area contributed by atoms with Crippen LogP contribution in [0, 0.1) is 6.92 Å². The van der Waals surface area contributed by atoms with E-state index in [-0.39, 0.29) is 6.10 Å². The minimum Gasteiger partial charge on any atom is -0.491 e. The molecule has 0 fully saturated rings. The first-order valence-corrected chi connectivity index (χ1v) is 11.2. The lowest BCUT2D eigenvalue weighted by Crippen LogP contribution is -2.84. The number of halogens is 1. The van der Waals surface area contributed by atoms with Crippen molar-refractivity contribution >= 4 is 11.6 Å². The summed E-state index contributed by atoms with van der Waals surface area (Å²) in [5.41, 5.74) is 5.30. The van der Waals surface area contributed by atoms with Crippen molar-refractivity contribution in [3.05, 3.63) is 100 Å². The largest absolute Gasteiger partial charge is 0.491 e. The quantitative estimate of drug-likeness (QED) is 0.431. The van der Waals surface area contributed by atoms with Gasteiger partial charge in [0.2, 0.25) is 0 Å². The highest BCUT2D eigenvalue weighted by Gasteiger charge is 2.17. The van der Waals surface area contributed by atoms with Gasteiger partial charge < -0.3 is 10.1 Å². The van der Waals surface area contributed by atoms with Crippen LogP contribution < -0.4 is 10.1 Å². The fourth-order valence-electron chi connectivity index (χ4n) is 3.79. The lowest BCUT2D eigenvalue weighted by atomic mass is 9.88. The SMILES string of the molecule is Cc1ccc([C@@H](CC[NH2+][C@@H](C)c2ccc(Cl)cc2)c2ccc(OC(C)C)cc2)cc1. The van der Waals surface area contributed by atoms with Gasteiger partial charge in [-0.1, -0.05) is 65.7 Å². The van der Waals surface area contributed by atoms with Crippen molar-refractivity contribution in [3.8, 4) is 5.75 Å². The molecule has 30 heavy (non-hydrogen) atoms. The van der Waals surface area contributed by atoms with Crippen molar-refractivity contribution < 1.29 is 10.1 Å². The average molecular weight is 423 g/mol. The Balaban J connectivity index is 1.71. The highest BCUT2D eigenvalue weighted by atomic mass is 35.5. The van der Waals surface area contributed by atoms with E-state index in [9.17, 15) is 0 Å². The Kier molecular flexibility index (Phi) is 7.95. The third kappa shape index (κ3) is 6.35. The van der Waals surface area contributed by atoms with E-state index in [2.05, 4.69) is 93.7 Å². The van der Waals surface area contributed by atoms with Gasteiger partial charge in [-0.2, -0.15) is 0 Å². The fourth-order valence-corrected chi connectivity index (χ4v) is 3.92. The molecule has 0 aromatic heterocycles. The van der Waals surface area contributed by atoms with Gasteiger partial charge in [0.05, 0.1) is 12.6 Å². The molecule has 0 spiro atoms. The van der Waals surface area contributed by atoms with E-state index < -0.39 is 0 Å². The van der Waals surface area contributed by atoms with Crippen LogP contribution in [0.3, 0.4) is 0 Å². The van der Waals surface area contributed by atoms with Gasteiger partial charge in [-0.25, -0.2) is 0 Å². The molecule has 0 saturated carbocycles. The van der Waals surface area contributed by atoms with Gasteiger partial charge in [-0.05, 0) is 63.1 Å². The third-order valence-corrected chi connectivity index (χ3v) is 5.76. The molecule has 3 heteroatoms. The first kappa shape index (κ1) is 22.4. The number of hydrogen-bond donors (Lipinski definition) is 1. The number of aryl methyl sites for hydroxylation is 1. The normalized spacial score (nSPS) is 13.3. The number of benzene rings is 3. The minimum atomic E-state index is 0.188. The van der Waals surface area contributed by atoms with Crippen LogP contribution in [0.1, 0.15) is 61.4 Å². The van der Waals surface area contributed by atoms with Gasteiger partial charge in [0, 0.05) is 22.9 Å². The van der Waals surface area contributed by atoms with Crippen molar-refractivity contribution in [3.63, 3.8) is 0 Å². The van der Waals surface area contributed by atoms with E-state index in [1.54, 1.807) is 0 Å². The molecule has 158 valence electrons. The number of hydrogen-bond acceptors (Lipinski definition) is 1. The molecule has 3 rings (SSSR count). The number of rotatable bonds is 9. The standard InChI is InChI=1S/C27H32ClNO/c1-19(2)30-26-15-11-24(12-16-26)27(23-7-5-20(3)6-8-23)17-18-29-21(4)22-9-13-25(28)14-10-22/h5-16,19,21,27,29H,17-18H2,1-4H3/p+1/t21-,27+/m0/s1. The van der Waals surface area contributed by atoms with E-state index in [1.165, 1.54) is 22.3 Å². The Bertz CT molecular complexity index is 901. The summed E-state index contributed by atoms with van der Waals surface area (Å²) < 4.78 is 5.82. The van der Waals surface area contributed by atoms with Crippen LogP contribution in [0.5, 0.6) is 5.75 Å². The molecule has 0 amide bonds. The Morgan fingerprint density at radius 2 is 1.30 bits per heavy atom. The van der Waals surface area contributed by atoms with Gasteiger partial charge in [0.1, 0.15) is 11.8 Å². The minimum absolute atomic E-state index is 0.188. The smallest absolute Gasteiger partial charge is 0.119 e. The summed E-state index contributed by atoms with van der Waals surface area (Å²) in [7, 11) is 0. The van der Waals surface area contributed by atoms with Gasteiger partial charge in [0.15, 0.2) is 0 Å². The van der Waals surface area contributed by atoms with Gasteiger partial charge >= 0.3 is 0 Å². The maximum Gasteiger partial charge on any atom is 0.119 e. The van der Waals surface area contributed by atoms with Crippen LogP contribution >= 0.6 is 11.6 Å². The van der Waals surface area contributed by atoms with E-state index >= 15 is 0 Å². The zero-order chi connectivity index (χ0) is 21.5. The summed E-state index contributed by atoms with van der Waals surface area (Å²) in [6, 6.07) is 26.1. The van der Waals surface area contributed by atoms with E-state index in [0.29, 0.717) is 12.0 Å². The van der Waals surface area contributed by atoms with Gasteiger partial charge in [0.25, 0.3) is 0 Å². The molecule has 2 nitrogen and oxygen atoms in total. The highest BCUT2D eigenvalue weighted by Crippen LogP contribution is 2.29. The maximum atomic E-state index is 6.03. The predicted molar refractivity (Wildman–Crippen MR) is 127 cm³/mol. The Labute approximate surface area is 186 Å². The summed E-state index contributed by atoms with van der Waals surface area (Å²) in [5.74, 6) is 1.30. The molecule has 0 heterocycles. The van der Waals surface area contributed by atoms with Crippen LogP contribution in [0.25, 0.3) is 0 Å². The third-order valence-electron chi connectivity index (χ3n) is 5.51. The van der Waals surface area contributed by atoms with Crippen molar-refractivity contribution in [2.75, 3.05) is 6.54 Å². The Hall–Kier alpha value is -2.29. The molecule has 0 aliphatic rings. The van der Waals surface area contributed by atoms with Crippen molar-refractivity contribution in [1.29, 1.82) is 0 Å². The zero-order valence-electron chi connectivity index (χ0n) is 18.4. The van der Waals surface area contributed by atoms with Crippen LogP contribution in [0.4, 0.5) is 0 Å². The Morgan fingerprint density at radius 1 is 0.767 bits per heavy atom. The van der Waals surface area contributed by atoms with E-state index in [4.69, 9.17) is 16.3 Å². The van der Waals surface area contributed by atoms with Crippen molar-refractivity contribution in [2.45, 2.75) is 52.2 Å². The molecule has 0 unspecified atom stereocenters. The average Bonchev–Trinajstić information content (AvgIpc) is 2.73. The topological polar surface area (TPSA) is 25.8 Å². The molecule has 0 bridgehead atoms. The predicted octanol–water partition coefficient (Wildman–Crippen LogP) is 6.28. The zero-order valence-corrected chi connectivity index (χ0v) is 19.2. The first-order chi connectivity index (χ1) is 14.4. The molecule has 0 aliphatic heterocycles. The Morgan fingerprint density at radius 3 is 1.87 bits per heavy atom. The molecule has 0 saturated heterocycles. The molecule has 0 aliphatic carbocycles. The molecular weight excluding hydrogens is 390 g/mol. The lowest BCUT2D eigenvalue weighted by Gasteiger charge is -2.20. The second-order valence-electron chi connectivity index (χ2n) is 8.35. The van der Waals surface area contributed by atoms with Crippen molar-refractivity contribution in [2.24, 2.45) is 0 Å². The van der Waals surface area contributed by atoms with Crippen LogP contribution in [0.15, 0.2) is 72.8 Å². The number of quaternary nitrogens is 1. The number of ether oxygens (including phenoxy) is 1. The van der Waals surface area contributed by atoms with Gasteiger partial charge in [-0.15, -0.1) is 0 Å². The summed E-state index contributed by atoms with van der Waals surface area (Å²) in [5, 5.41) is 3.20. The lowest BCUT2D eigenvalue weighted by molar-refractivity contribution is -0.693. The molecule has 0 radical (unpaired) electrons. The number of nitrogens with two attached hydrogens (primary N) is 1. The van der Waals surface area contributed by atoms with E-state index in [0.717, 1.165) is 23.7 Å². The van der Waals surface area contributed by atoms with Crippen LogP contribution in [-0.4, -0.2) is 12.6 Å². The summed E-state index contributed by atoms with van der Waals surface area (Å²) in [6.07, 6.45) is 1.26. The second kappa shape index (κ2) is 10.7. The van der Waals surface area contributed by atoms with Crippen LogP contribution in [0.2, 0.25) is 5.02 Å².